The molecule has 6 heteroatoms. The van der Waals surface area contributed by atoms with E-state index in [4.69, 9.17) is 0 Å². The second-order valence-electron chi connectivity index (χ2n) is 4.18. The van der Waals surface area contributed by atoms with Crippen molar-refractivity contribution in [1.82, 2.24) is 14.9 Å². The van der Waals surface area contributed by atoms with Crippen molar-refractivity contribution < 1.29 is 8.78 Å². The number of rotatable bonds is 5. The third-order valence-electron chi connectivity index (χ3n) is 2.90. The monoisotopic (exact) mass is 329 g/mol. The number of hydrogen-bond donors (Lipinski definition) is 1. The predicted molar refractivity (Wildman–Crippen MR) is 72.9 cm³/mol. The van der Waals surface area contributed by atoms with Gasteiger partial charge in [-0.1, -0.05) is 28.1 Å². The fourth-order valence-electron chi connectivity index (χ4n) is 1.77. The van der Waals surface area contributed by atoms with Gasteiger partial charge >= 0.3 is 6.55 Å². The highest BCUT2D eigenvalue weighted by molar-refractivity contribution is 9.10. The Labute approximate surface area is 118 Å². The first-order valence-corrected chi connectivity index (χ1v) is 6.66. The summed E-state index contributed by atoms with van der Waals surface area (Å²) in [5.74, 6) is 0.332. The minimum atomic E-state index is -2.55. The molecule has 0 amide bonds. The Kier molecular flexibility index (Phi) is 4.66. The van der Waals surface area contributed by atoms with Gasteiger partial charge in [-0.25, -0.2) is 4.98 Å². The SMILES string of the molecule is C[C@@H](NCc1nccn1C(F)F)c1ccc(Br)cc1. The van der Waals surface area contributed by atoms with E-state index in [0.29, 0.717) is 12.4 Å². The van der Waals surface area contributed by atoms with E-state index in [1.54, 1.807) is 0 Å². The third-order valence-corrected chi connectivity index (χ3v) is 3.42. The molecule has 102 valence electrons. The van der Waals surface area contributed by atoms with Crippen molar-refractivity contribution in [2.75, 3.05) is 0 Å². The first-order chi connectivity index (χ1) is 9.08. The molecule has 2 rings (SSSR count). The molecule has 0 saturated carbocycles. The molecule has 3 nitrogen and oxygen atoms in total. The predicted octanol–water partition coefficient (Wildman–Crippen LogP) is 3.89. The Balaban J connectivity index is 1.98. The van der Waals surface area contributed by atoms with E-state index in [-0.39, 0.29) is 6.04 Å². The molecular formula is C13H14BrF2N3. The molecule has 1 aromatic heterocycles. The van der Waals surface area contributed by atoms with Crippen molar-refractivity contribution in [1.29, 1.82) is 0 Å². The van der Waals surface area contributed by atoms with E-state index in [2.05, 4.69) is 26.2 Å². The van der Waals surface area contributed by atoms with Crippen LogP contribution in [0, 0.1) is 0 Å². The average molecular weight is 330 g/mol. The molecule has 0 saturated heterocycles. The van der Waals surface area contributed by atoms with Gasteiger partial charge in [-0.15, -0.1) is 0 Å². The van der Waals surface area contributed by atoms with Crippen LogP contribution in [0.2, 0.25) is 0 Å². The molecule has 0 bridgehead atoms. The number of nitrogens with zero attached hydrogens (tertiary/aromatic N) is 2. The maximum atomic E-state index is 12.6. The van der Waals surface area contributed by atoms with Gasteiger partial charge in [-0.3, -0.25) is 4.57 Å². The average Bonchev–Trinajstić information content (AvgIpc) is 2.85. The van der Waals surface area contributed by atoms with E-state index >= 15 is 0 Å². The summed E-state index contributed by atoms with van der Waals surface area (Å²) in [5, 5.41) is 3.18. The van der Waals surface area contributed by atoms with E-state index in [1.807, 2.05) is 31.2 Å². The summed E-state index contributed by atoms with van der Waals surface area (Å²) < 4.78 is 27.2. The topological polar surface area (TPSA) is 29.9 Å². The lowest BCUT2D eigenvalue weighted by atomic mass is 10.1. The fraction of sp³-hybridized carbons (Fsp3) is 0.308. The minimum Gasteiger partial charge on any atom is -0.303 e. The van der Waals surface area contributed by atoms with Crippen LogP contribution in [0.3, 0.4) is 0 Å². The summed E-state index contributed by atoms with van der Waals surface area (Å²) in [7, 11) is 0. The Morgan fingerprint density at radius 2 is 2.00 bits per heavy atom. The Morgan fingerprint density at radius 3 is 2.63 bits per heavy atom. The van der Waals surface area contributed by atoms with Crippen molar-refractivity contribution in [2.45, 2.75) is 26.1 Å². The highest BCUT2D eigenvalue weighted by atomic mass is 79.9. The quantitative estimate of drug-likeness (QED) is 0.901. The zero-order chi connectivity index (χ0) is 13.8. The maximum Gasteiger partial charge on any atom is 0.319 e. The molecule has 1 heterocycles. The summed E-state index contributed by atoms with van der Waals surface area (Å²) in [6, 6.07) is 7.94. The van der Waals surface area contributed by atoms with Crippen molar-refractivity contribution in [3.8, 4) is 0 Å². The van der Waals surface area contributed by atoms with Crippen molar-refractivity contribution in [2.24, 2.45) is 0 Å². The molecule has 2 aromatic rings. The summed E-state index contributed by atoms with van der Waals surface area (Å²) in [4.78, 5) is 3.93. The van der Waals surface area contributed by atoms with E-state index in [0.717, 1.165) is 14.6 Å². The van der Waals surface area contributed by atoms with Crippen molar-refractivity contribution >= 4 is 15.9 Å². The van der Waals surface area contributed by atoms with Gasteiger partial charge in [0.05, 0.1) is 6.54 Å². The van der Waals surface area contributed by atoms with Crippen LogP contribution < -0.4 is 5.32 Å². The molecule has 1 N–H and O–H groups in total. The summed E-state index contributed by atoms with van der Waals surface area (Å²) >= 11 is 3.37. The van der Waals surface area contributed by atoms with Crippen LogP contribution in [0.4, 0.5) is 8.78 Å². The van der Waals surface area contributed by atoms with Crippen LogP contribution in [-0.2, 0) is 6.54 Å². The van der Waals surface area contributed by atoms with Crippen LogP contribution in [0.5, 0.6) is 0 Å². The van der Waals surface area contributed by atoms with Gasteiger partial charge in [0.2, 0.25) is 0 Å². The van der Waals surface area contributed by atoms with E-state index in [9.17, 15) is 8.78 Å². The van der Waals surface area contributed by atoms with Gasteiger partial charge in [0.15, 0.2) is 0 Å². The zero-order valence-electron chi connectivity index (χ0n) is 10.4. The molecule has 0 aliphatic rings. The van der Waals surface area contributed by atoms with Crippen LogP contribution >= 0.6 is 15.9 Å². The molecule has 1 aromatic carbocycles. The summed E-state index contributed by atoms with van der Waals surface area (Å²) in [6.07, 6.45) is 2.67. The number of alkyl halides is 2. The van der Waals surface area contributed by atoms with Gasteiger partial charge in [0.25, 0.3) is 0 Å². The van der Waals surface area contributed by atoms with Crippen LogP contribution in [0.1, 0.15) is 30.9 Å². The third kappa shape index (κ3) is 3.61. The normalized spacial score (nSPS) is 12.9. The zero-order valence-corrected chi connectivity index (χ0v) is 11.9. The Hall–Kier alpha value is -1.27. The second kappa shape index (κ2) is 6.25. The number of nitrogens with one attached hydrogen (secondary N) is 1. The van der Waals surface area contributed by atoms with E-state index in [1.165, 1.54) is 12.4 Å². The van der Waals surface area contributed by atoms with Gasteiger partial charge in [0.1, 0.15) is 5.82 Å². The Morgan fingerprint density at radius 1 is 1.32 bits per heavy atom. The molecule has 0 radical (unpaired) electrons. The highest BCUT2D eigenvalue weighted by Gasteiger charge is 2.12. The number of hydrogen-bond acceptors (Lipinski definition) is 2. The molecular weight excluding hydrogens is 316 g/mol. The molecule has 19 heavy (non-hydrogen) atoms. The maximum absolute atomic E-state index is 12.6. The number of imidazole rings is 1. The van der Waals surface area contributed by atoms with Crippen LogP contribution in [0.25, 0.3) is 0 Å². The van der Waals surface area contributed by atoms with Crippen molar-refractivity contribution in [3.05, 3.63) is 52.5 Å². The number of halogens is 3. The smallest absolute Gasteiger partial charge is 0.303 e. The summed E-state index contributed by atoms with van der Waals surface area (Å²) in [6.45, 7) is -0.268. The van der Waals surface area contributed by atoms with Gasteiger partial charge in [-0.05, 0) is 24.6 Å². The Bertz CT molecular complexity index is 525. The number of aromatic nitrogens is 2. The molecule has 0 aliphatic carbocycles. The molecule has 0 fully saturated rings. The molecule has 0 aliphatic heterocycles. The minimum absolute atomic E-state index is 0.0657. The fourth-order valence-corrected chi connectivity index (χ4v) is 2.04. The molecule has 1 atom stereocenters. The first-order valence-electron chi connectivity index (χ1n) is 5.86. The van der Waals surface area contributed by atoms with Gasteiger partial charge in [-0.2, -0.15) is 8.78 Å². The second-order valence-corrected chi connectivity index (χ2v) is 5.10. The van der Waals surface area contributed by atoms with E-state index < -0.39 is 6.55 Å². The lowest BCUT2D eigenvalue weighted by molar-refractivity contribution is 0.0665. The first kappa shape index (κ1) is 14.1. The molecule has 0 unspecified atom stereocenters. The lowest BCUT2D eigenvalue weighted by Crippen LogP contribution is -2.20. The lowest BCUT2D eigenvalue weighted by Gasteiger charge is -2.15. The molecule has 0 spiro atoms. The number of benzene rings is 1. The van der Waals surface area contributed by atoms with Gasteiger partial charge in [0, 0.05) is 22.9 Å². The van der Waals surface area contributed by atoms with Gasteiger partial charge < -0.3 is 5.32 Å². The standard InChI is InChI=1S/C13H14BrF2N3/c1-9(10-2-4-11(14)5-3-10)18-8-12-17-6-7-19(12)13(15)16/h2-7,9,13,18H,8H2,1H3/t9-/m1/s1. The largest absolute Gasteiger partial charge is 0.319 e. The van der Waals surface area contributed by atoms with Crippen LogP contribution in [-0.4, -0.2) is 9.55 Å². The van der Waals surface area contributed by atoms with Crippen LogP contribution in [0.15, 0.2) is 41.1 Å². The van der Waals surface area contributed by atoms with Crippen molar-refractivity contribution in [3.63, 3.8) is 0 Å². The highest BCUT2D eigenvalue weighted by Crippen LogP contribution is 2.17. The summed E-state index contributed by atoms with van der Waals surface area (Å²) in [5.41, 5.74) is 1.10.